The van der Waals surface area contributed by atoms with Gasteiger partial charge >= 0.3 is 0 Å². The molecule has 0 atom stereocenters. The minimum atomic E-state index is -0.461. The van der Waals surface area contributed by atoms with Gasteiger partial charge in [-0.05, 0) is 73.2 Å². The van der Waals surface area contributed by atoms with E-state index in [2.05, 4.69) is 32.1 Å². The third-order valence-corrected chi connectivity index (χ3v) is 5.20. The number of ether oxygens (including phenoxy) is 3. The molecule has 182 valence electrons. The third kappa shape index (κ3) is 8.91. The average Bonchev–Trinajstić information content (AvgIpc) is 2.85. The normalized spacial score (nSPS) is 10.1. The quantitative estimate of drug-likeness (QED) is 0.208. The van der Waals surface area contributed by atoms with Crippen LogP contribution in [0.3, 0.4) is 0 Å². The second kappa shape index (κ2) is 13.3. The van der Waals surface area contributed by atoms with E-state index >= 15 is 0 Å². The minimum absolute atomic E-state index is 0.0641. The lowest BCUT2D eigenvalue weighted by molar-refractivity contribution is -0.123. The highest BCUT2D eigenvalue weighted by atomic mass is 79.9. The van der Waals surface area contributed by atoms with Crippen LogP contribution in [-0.2, 0) is 4.79 Å². The van der Waals surface area contributed by atoms with Crippen molar-refractivity contribution in [1.29, 1.82) is 0 Å². The molecule has 3 N–H and O–H groups in total. The zero-order valence-corrected chi connectivity index (χ0v) is 21.3. The maximum absolute atomic E-state index is 12.5. The summed E-state index contributed by atoms with van der Waals surface area (Å²) in [7, 11) is 0. The molecule has 0 bridgehead atoms. The van der Waals surface area contributed by atoms with Gasteiger partial charge in [0.15, 0.2) is 11.7 Å². The Morgan fingerprint density at radius 1 is 0.857 bits per heavy atom. The fourth-order valence-corrected chi connectivity index (χ4v) is 3.47. The first kappa shape index (κ1) is 26.0. The Labute approximate surface area is 217 Å². The number of nitrogens with one attached hydrogen (secondary N) is 3. The molecule has 0 aliphatic rings. The number of benzene rings is 3. The maximum Gasteiger partial charge on any atom is 0.276 e. The number of aryl methyl sites for hydroxylation is 1. The van der Waals surface area contributed by atoms with Gasteiger partial charge in [-0.1, -0.05) is 40.2 Å². The van der Waals surface area contributed by atoms with Crippen molar-refractivity contribution in [3.63, 3.8) is 0 Å². The van der Waals surface area contributed by atoms with E-state index in [1.165, 1.54) is 0 Å². The van der Waals surface area contributed by atoms with E-state index in [0.717, 1.165) is 15.8 Å². The predicted molar refractivity (Wildman–Crippen MR) is 140 cm³/mol. The number of thiocarbonyl (C=S) groups is 1. The largest absolute Gasteiger partial charge is 0.490 e. The smallest absolute Gasteiger partial charge is 0.276 e. The molecule has 0 heterocycles. The molecule has 0 spiro atoms. The fraction of sp³-hybridized carbons (Fsp3) is 0.160. The number of carbonyl (C=O) groups excluding carboxylic acids is 2. The van der Waals surface area contributed by atoms with E-state index in [0.29, 0.717) is 30.3 Å². The van der Waals surface area contributed by atoms with Crippen LogP contribution in [0, 0.1) is 6.92 Å². The zero-order valence-electron chi connectivity index (χ0n) is 18.9. The van der Waals surface area contributed by atoms with Crippen LogP contribution in [0.15, 0.2) is 77.3 Å². The lowest BCUT2D eigenvalue weighted by Crippen LogP contribution is -2.49. The van der Waals surface area contributed by atoms with E-state index < -0.39 is 11.8 Å². The SMILES string of the molecule is Cc1cc(Br)ccc1OCC(=O)NNC(=S)NC(=O)c1cccc(OCCOc2ccccc2)c1. The highest BCUT2D eigenvalue weighted by molar-refractivity contribution is 9.10. The maximum atomic E-state index is 12.5. The van der Waals surface area contributed by atoms with Crippen LogP contribution >= 0.6 is 28.1 Å². The number of amides is 2. The van der Waals surface area contributed by atoms with Crippen LogP contribution < -0.4 is 30.4 Å². The van der Waals surface area contributed by atoms with Gasteiger partial charge in [0.25, 0.3) is 11.8 Å². The minimum Gasteiger partial charge on any atom is -0.490 e. The highest BCUT2D eigenvalue weighted by Gasteiger charge is 2.11. The van der Waals surface area contributed by atoms with Crippen molar-refractivity contribution < 1.29 is 23.8 Å². The molecule has 2 amide bonds. The van der Waals surface area contributed by atoms with E-state index in [9.17, 15) is 9.59 Å². The number of para-hydroxylation sites is 1. The summed E-state index contributed by atoms with van der Waals surface area (Å²) in [5.41, 5.74) is 6.09. The van der Waals surface area contributed by atoms with Crippen LogP contribution in [0.25, 0.3) is 0 Å². The van der Waals surface area contributed by atoms with Gasteiger partial charge in [-0.15, -0.1) is 0 Å². The van der Waals surface area contributed by atoms with Crippen molar-refractivity contribution >= 4 is 45.1 Å². The molecule has 0 aromatic heterocycles. The predicted octanol–water partition coefficient (Wildman–Crippen LogP) is 3.93. The molecule has 3 aromatic carbocycles. The Bertz CT molecular complexity index is 1180. The van der Waals surface area contributed by atoms with Crippen LogP contribution in [0.4, 0.5) is 0 Å². The van der Waals surface area contributed by atoms with Gasteiger partial charge in [-0.2, -0.15) is 0 Å². The number of carbonyl (C=O) groups is 2. The van der Waals surface area contributed by atoms with Crippen LogP contribution in [0.2, 0.25) is 0 Å². The molecule has 8 nitrogen and oxygen atoms in total. The number of halogens is 1. The van der Waals surface area contributed by atoms with E-state index in [1.54, 1.807) is 30.3 Å². The van der Waals surface area contributed by atoms with Crippen molar-refractivity contribution in [2.75, 3.05) is 19.8 Å². The number of hydrazine groups is 1. The van der Waals surface area contributed by atoms with Gasteiger partial charge in [0.1, 0.15) is 30.5 Å². The van der Waals surface area contributed by atoms with E-state index in [4.69, 9.17) is 26.4 Å². The third-order valence-electron chi connectivity index (χ3n) is 4.50. The number of rotatable bonds is 9. The van der Waals surface area contributed by atoms with Crippen molar-refractivity contribution in [3.8, 4) is 17.2 Å². The molecule has 0 unspecified atom stereocenters. The molecule has 0 radical (unpaired) electrons. The Kier molecular flexibility index (Phi) is 9.88. The van der Waals surface area contributed by atoms with Crippen LogP contribution in [0.1, 0.15) is 15.9 Å². The second-order valence-electron chi connectivity index (χ2n) is 7.19. The average molecular weight is 558 g/mol. The zero-order chi connectivity index (χ0) is 25.0. The highest BCUT2D eigenvalue weighted by Crippen LogP contribution is 2.22. The summed E-state index contributed by atoms with van der Waals surface area (Å²) in [6.07, 6.45) is 0. The van der Waals surface area contributed by atoms with Crippen molar-refractivity contribution in [2.45, 2.75) is 6.92 Å². The van der Waals surface area contributed by atoms with Gasteiger partial charge in [0, 0.05) is 10.0 Å². The van der Waals surface area contributed by atoms with Crippen molar-refractivity contribution in [2.24, 2.45) is 0 Å². The summed E-state index contributed by atoms with van der Waals surface area (Å²) in [4.78, 5) is 24.5. The Hall–Kier alpha value is -3.63. The molecule has 3 aromatic rings. The Morgan fingerprint density at radius 2 is 1.57 bits per heavy atom. The van der Waals surface area contributed by atoms with Crippen molar-refractivity contribution in [1.82, 2.24) is 16.2 Å². The summed E-state index contributed by atoms with van der Waals surface area (Å²) in [5.74, 6) is 0.948. The lowest BCUT2D eigenvalue weighted by atomic mass is 10.2. The molecule has 0 aliphatic heterocycles. The first-order chi connectivity index (χ1) is 16.9. The lowest BCUT2D eigenvalue weighted by Gasteiger charge is -2.13. The Balaban J connectivity index is 1.38. The van der Waals surface area contributed by atoms with Gasteiger partial charge < -0.3 is 14.2 Å². The van der Waals surface area contributed by atoms with Crippen molar-refractivity contribution in [3.05, 3.63) is 88.4 Å². The van der Waals surface area contributed by atoms with Crippen LogP contribution in [0.5, 0.6) is 17.2 Å². The van der Waals surface area contributed by atoms with Gasteiger partial charge in [-0.25, -0.2) is 0 Å². The summed E-state index contributed by atoms with van der Waals surface area (Å²) >= 11 is 8.45. The monoisotopic (exact) mass is 557 g/mol. The van der Waals surface area contributed by atoms with Gasteiger partial charge in [0.2, 0.25) is 0 Å². The van der Waals surface area contributed by atoms with Gasteiger partial charge in [0.05, 0.1) is 0 Å². The number of hydrogen-bond donors (Lipinski definition) is 3. The molecule has 0 aliphatic carbocycles. The molecule has 10 heteroatoms. The molecule has 0 fully saturated rings. The molecular formula is C25H24BrN3O5S. The molecule has 3 rings (SSSR count). The number of hydrogen-bond acceptors (Lipinski definition) is 6. The van der Waals surface area contributed by atoms with Crippen LogP contribution in [-0.4, -0.2) is 36.7 Å². The topological polar surface area (TPSA) is 97.9 Å². The summed E-state index contributed by atoms with van der Waals surface area (Å²) in [6.45, 7) is 2.33. The fourth-order valence-electron chi connectivity index (χ4n) is 2.85. The Morgan fingerprint density at radius 3 is 2.31 bits per heavy atom. The molecular weight excluding hydrogens is 534 g/mol. The van der Waals surface area contributed by atoms with E-state index in [-0.39, 0.29) is 11.7 Å². The molecule has 0 saturated heterocycles. The summed E-state index contributed by atoms with van der Waals surface area (Å²) in [5, 5.41) is 2.43. The summed E-state index contributed by atoms with van der Waals surface area (Å²) in [6, 6.07) is 21.5. The standard InChI is InChI=1S/C25H24BrN3O5S/c1-17-14-19(26)10-11-22(17)34-16-23(30)28-29-25(35)27-24(31)18-6-5-9-21(15-18)33-13-12-32-20-7-3-2-4-8-20/h2-11,14-15H,12-13,16H2,1H3,(H,28,30)(H2,27,29,31,35). The first-order valence-corrected chi connectivity index (χ1v) is 11.8. The first-order valence-electron chi connectivity index (χ1n) is 10.6. The van der Waals surface area contributed by atoms with E-state index in [1.807, 2.05) is 49.4 Å². The molecule has 35 heavy (non-hydrogen) atoms. The second-order valence-corrected chi connectivity index (χ2v) is 8.52. The van der Waals surface area contributed by atoms with Gasteiger partial charge in [-0.3, -0.25) is 25.8 Å². The summed E-state index contributed by atoms with van der Waals surface area (Å²) < 4.78 is 17.6. The molecule has 0 saturated carbocycles.